The zero-order chi connectivity index (χ0) is 19.8. The van der Waals surface area contributed by atoms with Crippen molar-refractivity contribution in [2.45, 2.75) is 53.2 Å². The van der Waals surface area contributed by atoms with Crippen molar-refractivity contribution in [1.29, 1.82) is 0 Å². The fourth-order valence-electron chi connectivity index (χ4n) is 2.16. The van der Waals surface area contributed by atoms with Crippen molar-refractivity contribution >= 4 is 17.0 Å². The average molecular weight is 376 g/mol. The normalized spacial score (nSPS) is 10.9. The maximum Gasteiger partial charge on any atom is 0.186 e. The molecule has 3 aromatic rings. The Labute approximate surface area is 158 Å². The maximum absolute atomic E-state index is 8.06. The Hall–Kier alpha value is -2.59. The Balaban J connectivity index is 0.000000596. The summed E-state index contributed by atoms with van der Waals surface area (Å²) in [6.07, 6.45) is 5.55. The number of nitrogens with zero attached hydrogens (tertiary/aromatic N) is 7. The highest BCUT2D eigenvalue weighted by Gasteiger charge is 2.15. The highest BCUT2D eigenvalue weighted by Crippen LogP contribution is 2.22. The number of aromatic nitrogens is 7. The highest BCUT2D eigenvalue weighted by atomic mass is 16.6. The molecule has 0 aliphatic rings. The van der Waals surface area contributed by atoms with E-state index in [2.05, 4.69) is 37.7 Å². The lowest BCUT2D eigenvalue weighted by Crippen LogP contribution is -2.05. The van der Waals surface area contributed by atoms with Crippen LogP contribution in [-0.4, -0.2) is 52.3 Å². The summed E-state index contributed by atoms with van der Waals surface area (Å²) in [4.78, 5) is 18.6. The van der Waals surface area contributed by atoms with Gasteiger partial charge in [0.2, 0.25) is 0 Å². The monoisotopic (exact) mass is 376 g/mol. The van der Waals surface area contributed by atoms with Gasteiger partial charge in [-0.2, -0.15) is 0 Å². The number of imidazole rings is 1. The van der Waals surface area contributed by atoms with Gasteiger partial charge in [0.1, 0.15) is 5.69 Å². The van der Waals surface area contributed by atoms with E-state index in [0.717, 1.165) is 19.4 Å². The third-order valence-corrected chi connectivity index (χ3v) is 3.38. The summed E-state index contributed by atoms with van der Waals surface area (Å²) >= 11 is 0. The lowest BCUT2D eigenvalue weighted by molar-refractivity contribution is 0.209. The number of aliphatic hydroxyl groups is 1. The Morgan fingerprint density at radius 3 is 2.67 bits per heavy atom. The van der Waals surface area contributed by atoms with Crippen LogP contribution in [0.15, 0.2) is 12.5 Å². The van der Waals surface area contributed by atoms with E-state index in [4.69, 9.17) is 9.94 Å². The standard InChI is InChI=1S/C14H20N8O.C3H8O/c1-4-6-7-22-8-10(18-20-22)12-16-13(19-23-5-2)11-14(17-12)21(3)9-15-11;1-3(2)4/h8-9H,4-7H2,1-3H3,(H,16,17,19);3-4H,1-2H3. The molecule has 3 heterocycles. The third-order valence-electron chi connectivity index (χ3n) is 3.38. The molecule has 0 fully saturated rings. The molecular formula is C17H28N8O2. The molecule has 0 aromatic carbocycles. The van der Waals surface area contributed by atoms with E-state index >= 15 is 0 Å². The van der Waals surface area contributed by atoms with E-state index in [9.17, 15) is 0 Å². The van der Waals surface area contributed by atoms with Crippen LogP contribution >= 0.6 is 0 Å². The molecule has 3 aromatic heterocycles. The summed E-state index contributed by atoms with van der Waals surface area (Å²) in [7, 11) is 1.88. The van der Waals surface area contributed by atoms with E-state index in [-0.39, 0.29) is 6.10 Å². The first kappa shape index (κ1) is 20.7. The summed E-state index contributed by atoms with van der Waals surface area (Å²) in [6.45, 7) is 8.83. The lowest BCUT2D eigenvalue weighted by Gasteiger charge is -2.06. The van der Waals surface area contributed by atoms with Gasteiger partial charge in [0.05, 0.1) is 19.1 Å². The van der Waals surface area contributed by atoms with Crippen LogP contribution in [0.25, 0.3) is 22.7 Å². The van der Waals surface area contributed by atoms with Crippen molar-refractivity contribution in [3.63, 3.8) is 0 Å². The number of fused-ring (bicyclic) bond motifs is 1. The molecule has 0 saturated heterocycles. The van der Waals surface area contributed by atoms with Crippen molar-refractivity contribution in [1.82, 2.24) is 34.5 Å². The first-order chi connectivity index (χ1) is 13.0. The minimum Gasteiger partial charge on any atom is -0.394 e. The summed E-state index contributed by atoms with van der Waals surface area (Å²) in [5, 5.41) is 16.4. The Bertz CT molecular complexity index is 840. The average Bonchev–Trinajstić information content (AvgIpc) is 3.24. The molecule has 0 aliphatic heterocycles. The number of hydrogen-bond acceptors (Lipinski definition) is 8. The van der Waals surface area contributed by atoms with Crippen molar-refractivity contribution < 1.29 is 9.94 Å². The van der Waals surface area contributed by atoms with Crippen molar-refractivity contribution in [3.05, 3.63) is 12.5 Å². The molecule has 10 nitrogen and oxygen atoms in total. The molecule has 0 bridgehead atoms. The predicted molar refractivity (Wildman–Crippen MR) is 103 cm³/mol. The Morgan fingerprint density at radius 2 is 2.00 bits per heavy atom. The van der Waals surface area contributed by atoms with Gasteiger partial charge < -0.3 is 9.67 Å². The van der Waals surface area contributed by atoms with Crippen LogP contribution in [0, 0.1) is 0 Å². The van der Waals surface area contributed by atoms with E-state index in [1.54, 1.807) is 20.2 Å². The molecule has 10 heteroatoms. The molecule has 0 spiro atoms. The van der Waals surface area contributed by atoms with Gasteiger partial charge in [-0.3, -0.25) is 9.52 Å². The van der Waals surface area contributed by atoms with Crippen LogP contribution < -0.4 is 5.48 Å². The van der Waals surface area contributed by atoms with Crippen molar-refractivity contribution in [2.24, 2.45) is 7.05 Å². The number of nitrogens with one attached hydrogen (secondary N) is 1. The number of anilines is 1. The van der Waals surface area contributed by atoms with Gasteiger partial charge >= 0.3 is 0 Å². The van der Waals surface area contributed by atoms with Gasteiger partial charge in [0.25, 0.3) is 0 Å². The lowest BCUT2D eigenvalue weighted by atomic mass is 10.3. The third kappa shape index (κ3) is 5.69. The molecule has 2 N–H and O–H groups in total. The van der Waals surface area contributed by atoms with Crippen molar-refractivity contribution in [2.75, 3.05) is 12.1 Å². The number of unbranched alkanes of at least 4 members (excludes halogenated alkanes) is 1. The van der Waals surface area contributed by atoms with Crippen LogP contribution in [0.2, 0.25) is 0 Å². The van der Waals surface area contributed by atoms with Gasteiger partial charge in [-0.15, -0.1) is 5.10 Å². The zero-order valence-corrected chi connectivity index (χ0v) is 16.5. The second-order valence-corrected chi connectivity index (χ2v) is 6.27. The van der Waals surface area contributed by atoms with Gasteiger partial charge in [0.15, 0.2) is 22.8 Å². The van der Waals surface area contributed by atoms with E-state index < -0.39 is 0 Å². The molecule has 3 rings (SSSR count). The van der Waals surface area contributed by atoms with Crippen LogP contribution in [0.4, 0.5) is 5.82 Å². The van der Waals surface area contributed by atoms with E-state index in [1.165, 1.54) is 0 Å². The second kappa shape index (κ2) is 9.93. The molecule has 0 atom stereocenters. The number of aliphatic hydroxyl groups excluding tert-OH is 1. The minimum atomic E-state index is -0.167. The molecule has 27 heavy (non-hydrogen) atoms. The molecule has 0 unspecified atom stereocenters. The van der Waals surface area contributed by atoms with Crippen molar-refractivity contribution in [3.8, 4) is 11.5 Å². The largest absolute Gasteiger partial charge is 0.394 e. The Morgan fingerprint density at radius 1 is 1.26 bits per heavy atom. The number of aryl methyl sites for hydroxylation is 2. The zero-order valence-electron chi connectivity index (χ0n) is 16.5. The summed E-state index contributed by atoms with van der Waals surface area (Å²) in [5.41, 5.74) is 4.81. The maximum atomic E-state index is 8.06. The fraction of sp³-hybridized carbons (Fsp3) is 0.588. The predicted octanol–water partition coefficient (Wildman–Crippen LogP) is 2.17. The molecule has 0 amide bonds. The van der Waals surface area contributed by atoms with Crippen LogP contribution in [0.3, 0.4) is 0 Å². The molecule has 0 aliphatic carbocycles. The molecular weight excluding hydrogens is 348 g/mol. The second-order valence-electron chi connectivity index (χ2n) is 6.27. The van der Waals surface area contributed by atoms with Gasteiger partial charge in [-0.05, 0) is 27.2 Å². The van der Waals surface area contributed by atoms with E-state index in [1.807, 2.05) is 29.4 Å². The topological polar surface area (TPSA) is 116 Å². The molecule has 148 valence electrons. The van der Waals surface area contributed by atoms with Crippen LogP contribution in [-0.2, 0) is 18.4 Å². The van der Waals surface area contributed by atoms with Gasteiger partial charge in [0, 0.05) is 19.7 Å². The van der Waals surface area contributed by atoms with Gasteiger partial charge in [-0.25, -0.2) is 20.4 Å². The fourth-order valence-corrected chi connectivity index (χ4v) is 2.16. The minimum absolute atomic E-state index is 0.167. The Kier molecular flexibility index (Phi) is 7.62. The number of rotatable bonds is 7. The van der Waals surface area contributed by atoms with Crippen LogP contribution in [0.5, 0.6) is 0 Å². The summed E-state index contributed by atoms with van der Waals surface area (Å²) < 4.78 is 3.64. The first-order valence-electron chi connectivity index (χ1n) is 9.11. The smallest absolute Gasteiger partial charge is 0.186 e. The first-order valence-corrected chi connectivity index (χ1v) is 9.11. The molecule has 0 radical (unpaired) electrons. The quantitative estimate of drug-likeness (QED) is 0.603. The van der Waals surface area contributed by atoms with Crippen LogP contribution in [0.1, 0.15) is 40.5 Å². The molecule has 0 saturated carbocycles. The summed E-state index contributed by atoms with van der Waals surface area (Å²) in [5.74, 6) is 1.02. The number of hydrogen-bond donors (Lipinski definition) is 2. The summed E-state index contributed by atoms with van der Waals surface area (Å²) in [6, 6.07) is 0. The van der Waals surface area contributed by atoms with Gasteiger partial charge in [-0.1, -0.05) is 18.6 Å². The van der Waals surface area contributed by atoms with E-state index in [0.29, 0.717) is 35.1 Å². The SMILES string of the molecule is CC(C)O.CCCCn1cc(-c2nc(NOCC)c3ncn(C)c3n2)nn1. The highest BCUT2D eigenvalue weighted by molar-refractivity contribution is 5.84.